The van der Waals surface area contributed by atoms with Gasteiger partial charge in [0.25, 0.3) is 0 Å². The van der Waals surface area contributed by atoms with Crippen LogP contribution in [0.4, 0.5) is 4.79 Å². The lowest BCUT2D eigenvalue weighted by Crippen LogP contribution is -2.57. The number of carbonyl (C=O) groups excluding carboxylic acids is 1. The van der Waals surface area contributed by atoms with Gasteiger partial charge in [-0.25, -0.2) is 4.79 Å². The average Bonchev–Trinajstić information content (AvgIpc) is 2.80. The van der Waals surface area contributed by atoms with Crippen molar-refractivity contribution >= 4 is 6.09 Å². The summed E-state index contributed by atoms with van der Waals surface area (Å²) in [4.78, 5) is 14.1. The summed E-state index contributed by atoms with van der Waals surface area (Å²) in [5.74, 6) is 0.435. The van der Waals surface area contributed by atoms with E-state index in [0.717, 1.165) is 39.3 Å². The second-order valence-electron chi connectivity index (χ2n) is 6.07. The molecule has 5 nitrogen and oxygen atoms in total. The summed E-state index contributed by atoms with van der Waals surface area (Å²) >= 11 is 0. The van der Waals surface area contributed by atoms with Crippen LogP contribution in [-0.2, 0) is 9.47 Å². The summed E-state index contributed by atoms with van der Waals surface area (Å²) in [5, 5.41) is 3.35. The molecule has 2 atom stereocenters. The summed E-state index contributed by atoms with van der Waals surface area (Å²) < 4.78 is 10.9. The molecule has 2 aliphatic rings. The lowest BCUT2D eigenvalue weighted by molar-refractivity contribution is 0.00366. The van der Waals surface area contributed by atoms with E-state index in [2.05, 4.69) is 5.32 Å². The van der Waals surface area contributed by atoms with Gasteiger partial charge in [-0.2, -0.15) is 0 Å². The van der Waals surface area contributed by atoms with E-state index >= 15 is 0 Å². The number of hydrogen-bond acceptors (Lipinski definition) is 4. The number of piperazine rings is 1. The van der Waals surface area contributed by atoms with Crippen molar-refractivity contribution in [3.63, 3.8) is 0 Å². The number of nitrogens with one attached hydrogen (secondary N) is 1. The minimum atomic E-state index is -0.432. The molecular weight excluding hydrogens is 232 g/mol. The summed E-state index contributed by atoms with van der Waals surface area (Å²) in [6.45, 7) is 9.67. The Balaban J connectivity index is 2.00. The van der Waals surface area contributed by atoms with Crippen molar-refractivity contribution in [3.8, 4) is 0 Å². The van der Waals surface area contributed by atoms with Crippen molar-refractivity contribution in [2.45, 2.75) is 38.8 Å². The number of carbonyl (C=O) groups is 1. The van der Waals surface area contributed by atoms with Crippen molar-refractivity contribution in [2.24, 2.45) is 5.92 Å². The Bertz CT molecular complexity index is 295. The highest BCUT2D eigenvalue weighted by Gasteiger charge is 2.36. The van der Waals surface area contributed by atoms with Gasteiger partial charge in [-0.05, 0) is 27.2 Å². The fourth-order valence-corrected chi connectivity index (χ4v) is 2.55. The van der Waals surface area contributed by atoms with Gasteiger partial charge in [-0.3, -0.25) is 0 Å². The van der Waals surface area contributed by atoms with Gasteiger partial charge in [-0.1, -0.05) is 0 Å². The van der Waals surface area contributed by atoms with Gasteiger partial charge in [0, 0.05) is 32.2 Å². The Hall–Kier alpha value is -0.810. The van der Waals surface area contributed by atoms with E-state index < -0.39 is 5.60 Å². The minimum Gasteiger partial charge on any atom is -0.444 e. The monoisotopic (exact) mass is 256 g/mol. The van der Waals surface area contributed by atoms with Crippen LogP contribution in [0.2, 0.25) is 0 Å². The van der Waals surface area contributed by atoms with Crippen LogP contribution in [-0.4, -0.2) is 55.5 Å². The van der Waals surface area contributed by atoms with Gasteiger partial charge in [0.15, 0.2) is 0 Å². The van der Waals surface area contributed by atoms with Crippen molar-refractivity contribution in [1.82, 2.24) is 10.2 Å². The third-order valence-electron chi connectivity index (χ3n) is 3.42. The van der Waals surface area contributed by atoms with E-state index in [-0.39, 0.29) is 12.1 Å². The fourth-order valence-electron chi connectivity index (χ4n) is 2.55. The van der Waals surface area contributed by atoms with Gasteiger partial charge in [0.1, 0.15) is 5.60 Å². The molecule has 2 fully saturated rings. The maximum absolute atomic E-state index is 12.2. The van der Waals surface area contributed by atoms with Crippen LogP contribution in [0.1, 0.15) is 27.2 Å². The van der Waals surface area contributed by atoms with Crippen LogP contribution in [0.15, 0.2) is 0 Å². The lowest BCUT2D eigenvalue weighted by Gasteiger charge is -2.39. The molecule has 0 aromatic carbocycles. The van der Waals surface area contributed by atoms with Crippen LogP contribution in [0, 0.1) is 5.92 Å². The predicted octanol–water partition coefficient (Wildman–Crippen LogP) is 1.23. The zero-order chi connectivity index (χ0) is 13.2. The van der Waals surface area contributed by atoms with Gasteiger partial charge in [0.2, 0.25) is 0 Å². The molecule has 1 N–H and O–H groups in total. The molecule has 5 heteroatoms. The first-order chi connectivity index (χ1) is 8.47. The maximum atomic E-state index is 12.2. The first-order valence-corrected chi connectivity index (χ1v) is 6.75. The molecule has 104 valence electrons. The molecule has 0 aromatic rings. The summed E-state index contributed by atoms with van der Waals surface area (Å²) in [7, 11) is 0. The number of ether oxygens (including phenoxy) is 2. The highest BCUT2D eigenvalue weighted by atomic mass is 16.6. The largest absolute Gasteiger partial charge is 0.444 e. The molecular formula is C13H24N2O3. The quantitative estimate of drug-likeness (QED) is 0.766. The zero-order valence-corrected chi connectivity index (χ0v) is 11.6. The molecule has 2 heterocycles. The van der Waals surface area contributed by atoms with E-state index in [9.17, 15) is 4.79 Å². The van der Waals surface area contributed by atoms with E-state index in [1.54, 1.807) is 0 Å². The molecule has 0 spiro atoms. The molecule has 0 bridgehead atoms. The molecule has 0 saturated carbocycles. The van der Waals surface area contributed by atoms with Crippen LogP contribution in [0.25, 0.3) is 0 Å². The predicted molar refractivity (Wildman–Crippen MR) is 68.5 cm³/mol. The Labute approximate surface area is 109 Å². The van der Waals surface area contributed by atoms with Crippen molar-refractivity contribution in [3.05, 3.63) is 0 Å². The topological polar surface area (TPSA) is 50.8 Å². The van der Waals surface area contributed by atoms with Gasteiger partial charge >= 0.3 is 6.09 Å². The highest BCUT2D eigenvalue weighted by Crippen LogP contribution is 2.24. The SMILES string of the molecule is CC(C)(C)OC(=O)N1CCNCC1C1CCOC1. The number of nitrogens with zero attached hydrogens (tertiary/aromatic N) is 1. The Morgan fingerprint density at radius 2 is 2.22 bits per heavy atom. The first-order valence-electron chi connectivity index (χ1n) is 6.75. The standard InChI is InChI=1S/C13H24N2O3/c1-13(2,3)18-12(16)15-6-5-14-8-11(15)10-4-7-17-9-10/h10-11,14H,4-9H2,1-3H3. The van der Waals surface area contributed by atoms with Crippen molar-refractivity contribution in [2.75, 3.05) is 32.8 Å². The summed E-state index contributed by atoms with van der Waals surface area (Å²) in [6, 6.07) is 0.205. The molecule has 2 saturated heterocycles. The third kappa shape index (κ3) is 3.36. The number of rotatable bonds is 1. The van der Waals surface area contributed by atoms with Crippen molar-refractivity contribution < 1.29 is 14.3 Å². The molecule has 2 unspecified atom stereocenters. The first kappa shape index (κ1) is 13.6. The Kier molecular flexibility index (Phi) is 4.12. The van der Waals surface area contributed by atoms with Crippen LogP contribution >= 0.6 is 0 Å². The molecule has 2 rings (SSSR count). The van der Waals surface area contributed by atoms with Gasteiger partial charge < -0.3 is 19.7 Å². The van der Waals surface area contributed by atoms with Crippen LogP contribution < -0.4 is 5.32 Å². The minimum absolute atomic E-state index is 0.194. The zero-order valence-electron chi connectivity index (χ0n) is 11.6. The second-order valence-corrected chi connectivity index (χ2v) is 6.07. The smallest absolute Gasteiger partial charge is 0.410 e. The molecule has 18 heavy (non-hydrogen) atoms. The third-order valence-corrected chi connectivity index (χ3v) is 3.42. The van der Waals surface area contributed by atoms with Crippen molar-refractivity contribution in [1.29, 1.82) is 0 Å². The summed E-state index contributed by atoms with van der Waals surface area (Å²) in [5.41, 5.74) is -0.432. The number of amides is 1. The van der Waals surface area contributed by atoms with Crippen LogP contribution in [0.3, 0.4) is 0 Å². The Morgan fingerprint density at radius 1 is 1.44 bits per heavy atom. The maximum Gasteiger partial charge on any atom is 0.410 e. The second kappa shape index (κ2) is 5.45. The molecule has 2 aliphatic heterocycles. The molecule has 0 aromatic heterocycles. The van der Waals surface area contributed by atoms with E-state index in [0.29, 0.717) is 5.92 Å². The normalized spacial score (nSPS) is 29.4. The van der Waals surface area contributed by atoms with Crippen LogP contribution in [0.5, 0.6) is 0 Å². The van der Waals surface area contributed by atoms with Gasteiger partial charge in [0.05, 0.1) is 12.6 Å². The van der Waals surface area contributed by atoms with E-state index in [4.69, 9.17) is 9.47 Å². The highest BCUT2D eigenvalue weighted by molar-refractivity contribution is 5.68. The molecule has 0 aliphatic carbocycles. The summed E-state index contributed by atoms with van der Waals surface area (Å²) in [6.07, 6.45) is 0.840. The van der Waals surface area contributed by atoms with E-state index in [1.807, 2.05) is 25.7 Å². The molecule has 0 radical (unpaired) electrons. The fraction of sp³-hybridized carbons (Fsp3) is 0.923. The average molecular weight is 256 g/mol. The number of hydrogen-bond donors (Lipinski definition) is 1. The lowest BCUT2D eigenvalue weighted by atomic mass is 9.96. The Morgan fingerprint density at radius 3 is 2.83 bits per heavy atom. The molecule has 1 amide bonds. The van der Waals surface area contributed by atoms with Gasteiger partial charge in [-0.15, -0.1) is 0 Å². The van der Waals surface area contributed by atoms with E-state index in [1.165, 1.54) is 0 Å².